The minimum absolute atomic E-state index is 0.0371. The summed E-state index contributed by atoms with van der Waals surface area (Å²) >= 11 is 0. The number of amides is 3. The van der Waals surface area contributed by atoms with Gasteiger partial charge >= 0.3 is 0 Å². The summed E-state index contributed by atoms with van der Waals surface area (Å²) in [4.78, 5) is 41.5. The molecule has 0 spiro atoms. The number of carbonyl (C=O) groups is 3. The number of hydrogen-bond donors (Lipinski definition) is 0. The number of likely N-dealkylation sites (tertiary alicyclic amines) is 1. The van der Waals surface area contributed by atoms with Gasteiger partial charge in [0.2, 0.25) is 11.8 Å². The molecule has 0 aromatic heterocycles. The Morgan fingerprint density at radius 3 is 2.15 bits per heavy atom. The van der Waals surface area contributed by atoms with E-state index in [4.69, 9.17) is 0 Å². The maximum atomic E-state index is 12.8. The first-order chi connectivity index (χ1) is 13.0. The molecule has 0 bridgehead atoms. The van der Waals surface area contributed by atoms with Crippen molar-refractivity contribution in [3.8, 4) is 0 Å². The molecule has 3 fully saturated rings. The van der Waals surface area contributed by atoms with E-state index in [-0.39, 0.29) is 29.6 Å². The highest BCUT2D eigenvalue weighted by Gasteiger charge is 2.49. The molecule has 27 heavy (non-hydrogen) atoms. The summed E-state index contributed by atoms with van der Waals surface area (Å²) in [6, 6.07) is 6.99. The average molecular weight is 368 g/mol. The molecule has 2 heterocycles. The van der Waals surface area contributed by atoms with E-state index >= 15 is 0 Å². The minimum atomic E-state index is -0.169. The standard InChI is InChI=1S/C22H28N2O3/c1-14-9-11-23(12-10-14)20(25)16-4-6-17(7-5-16)24-21(26)18-8-3-15(2)13-19(18)22(24)27/h4-7,14-15,18-19H,3,8-13H2,1-2H3/t15-,18-,19-/m1/s1. The van der Waals surface area contributed by atoms with E-state index in [0.717, 1.165) is 45.2 Å². The predicted octanol–water partition coefficient (Wildman–Crippen LogP) is 3.48. The van der Waals surface area contributed by atoms with Crippen molar-refractivity contribution in [2.24, 2.45) is 23.7 Å². The summed E-state index contributed by atoms with van der Waals surface area (Å²) in [5.74, 6) is 0.741. The van der Waals surface area contributed by atoms with E-state index in [1.54, 1.807) is 24.3 Å². The first kappa shape index (κ1) is 18.2. The summed E-state index contributed by atoms with van der Waals surface area (Å²) in [7, 11) is 0. The average Bonchev–Trinajstić information content (AvgIpc) is 2.92. The topological polar surface area (TPSA) is 57.7 Å². The first-order valence-electron chi connectivity index (χ1n) is 10.2. The third kappa shape index (κ3) is 3.28. The van der Waals surface area contributed by atoms with Gasteiger partial charge in [0.1, 0.15) is 0 Å². The lowest BCUT2D eigenvalue weighted by molar-refractivity contribution is -0.122. The molecule has 0 radical (unpaired) electrons. The van der Waals surface area contributed by atoms with Crippen molar-refractivity contribution in [3.05, 3.63) is 29.8 Å². The lowest BCUT2D eigenvalue weighted by atomic mass is 9.76. The molecule has 1 aromatic rings. The fourth-order valence-corrected chi connectivity index (χ4v) is 4.79. The monoisotopic (exact) mass is 368 g/mol. The zero-order valence-electron chi connectivity index (χ0n) is 16.2. The van der Waals surface area contributed by atoms with Gasteiger partial charge in [-0.2, -0.15) is 0 Å². The van der Waals surface area contributed by atoms with Gasteiger partial charge in [-0.05, 0) is 68.2 Å². The van der Waals surface area contributed by atoms with Crippen molar-refractivity contribution in [3.63, 3.8) is 0 Å². The minimum Gasteiger partial charge on any atom is -0.339 e. The molecule has 0 N–H and O–H groups in total. The number of anilines is 1. The number of piperidine rings is 1. The fraction of sp³-hybridized carbons (Fsp3) is 0.591. The predicted molar refractivity (Wildman–Crippen MR) is 103 cm³/mol. The largest absolute Gasteiger partial charge is 0.339 e. The van der Waals surface area contributed by atoms with Crippen molar-refractivity contribution in [2.75, 3.05) is 18.0 Å². The highest BCUT2D eigenvalue weighted by molar-refractivity contribution is 6.22. The van der Waals surface area contributed by atoms with Crippen LogP contribution in [0.4, 0.5) is 5.69 Å². The Labute approximate surface area is 160 Å². The molecule has 144 valence electrons. The molecule has 0 unspecified atom stereocenters. The van der Waals surface area contributed by atoms with E-state index in [0.29, 0.717) is 23.1 Å². The van der Waals surface area contributed by atoms with Crippen LogP contribution in [-0.4, -0.2) is 35.7 Å². The second-order valence-corrected chi connectivity index (χ2v) is 8.66. The van der Waals surface area contributed by atoms with Crippen LogP contribution >= 0.6 is 0 Å². The Bertz CT molecular complexity index is 749. The SMILES string of the molecule is CC1CCN(C(=O)c2ccc(N3C(=O)[C@@H]4CC[C@@H](C)C[C@H]4C3=O)cc2)CC1. The van der Waals surface area contributed by atoms with Gasteiger partial charge in [0.15, 0.2) is 0 Å². The first-order valence-corrected chi connectivity index (χ1v) is 10.2. The van der Waals surface area contributed by atoms with Crippen LogP contribution in [0.25, 0.3) is 0 Å². The number of fused-ring (bicyclic) bond motifs is 1. The van der Waals surface area contributed by atoms with Gasteiger partial charge < -0.3 is 4.90 Å². The van der Waals surface area contributed by atoms with Crippen molar-refractivity contribution < 1.29 is 14.4 Å². The van der Waals surface area contributed by atoms with E-state index in [2.05, 4.69) is 13.8 Å². The highest BCUT2D eigenvalue weighted by atomic mass is 16.2. The molecular formula is C22H28N2O3. The van der Waals surface area contributed by atoms with Crippen molar-refractivity contribution in [1.29, 1.82) is 0 Å². The molecule has 2 aliphatic heterocycles. The molecule has 4 rings (SSSR count). The Kier molecular flexibility index (Phi) is 4.79. The van der Waals surface area contributed by atoms with Crippen molar-refractivity contribution >= 4 is 23.4 Å². The Balaban J connectivity index is 1.50. The molecule has 3 atom stereocenters. The van der Waals surface area contributed by atoms with Gasteiger partial charge in [-0.3, -0.25) is 19.3 Å². The summed E-state index contributed by atoms with van der Waals surface area (Å²) in [5.41, 5.74) is 1.22. The van der Waals surface area contributed by atoms with Gasteiger partial charge in [-0.1, -0.05) is 13.8 Å². The van der Waals surface area contributed by atoms with Crippen LogP contribution in [-0.2, 0) is 9.59 Å². The molecule has 3 amide bonds. The molecular weight excluding hydrogens is 340 g/mol. The molecule has 1 saturated carbocycles. The zero-order chi connectivity index (χ0) is 19.1. The maximum absolute atomic E-state index is 12.8. The summed E-state index contributed by atoms with van der Waals surface area (Å²) in [6.45, 7) is 5.97. The number of nitrogens with zero attached hydrogens (tertiary/aromatic N) is 2. The van der Waals surface area contributed by atoms with E-state index in [9.17, 15) is 14.4 Å². The van der Waals surface area contributed by atoms with Gasteiger partial charge in [-0.15, -0.1) is 0 Å². The van der Waals surface area contributed by atoms with Crippen LogP contribution in [0.2, 0.25) is 0 Å². The van der Waals surface area contributed by atoms with Crippen LogP contribution in [0.5, 0.6) is 0 Å². The van der Waals surface area contributed by atoms with Gasteiger partial charge in [0, 0.05) is 18.7 Å². The third-order valence-corrected chi connectivity index (χ3v) is 6.63. The summed E-state index contributed by atoms with van der Waals surface area (Å²) in [5, 5.41) is 0. The number of benzene rings is 1. The second-order valence-electron chi connectivity index (χ2n) is 8.66. The number of hydrogen-bond acceptors (Lipinski definition) is 3. The van der Waals surface area contributed by atoms with E-state index in [1.165, 1.54) is 4.90 Å². The smallest absolute Gasteiger partial charge is 0.253 e. The van der Waals surface area contributed by atoms with Crippen LogP contribution in [0.1, 0.15) is 56.3 Å². The van der Waals surface area contributed by atoms with Crippen LogP contribution in [0, 0.1) is 23.7 Å². The third-order valence-electron chi connectivity index (χ3n) is 6.63. The van der Waals surface area contributed by atoms with E-state index in [1.807, 2.05) is 4.90 Å². The maximum Gasteiger partial charge on any atom is 0.253 e. The van der Waals surface area contributed by atoms with Crippen LogP contribution in [0.3, 0.4) is 0 Å². The fourth-order valence-electron chi connectivity index (χ4n) is 4.79. The van der Waals surface area contributed by atoms with Gasteiger partial charge in [0.25, 0.3) is 5.91 Å². The number of imide groups is 1. The molecule has 1 aromatic carbocycles. The Hall–Kier alpha value is -2.17. The molecule has 1 aliphatic carbocycles. The normalized spacial score (nSPS) is 29.2. The highest BCUT2D eigenvalue weighted by Crippen LogP contribution is 2.42. The lowest BCUT2D eigenvalue weighted by Gasteiger charge is -2.30. The van der Waals surface area contributed by atoms with Crippen LogP contribution in [0.15, 0.2) is 24.3 Å². The van der Waals surface area contributed by atoms with E-state index < -0.39 is 0 Å². The lowest BCUT2D eigenvalue weighted by Crippen LogP contribution is -2.38. The van der Waals surface area contributed by atoms with Crippen molar-refractivity contribution in [2.45, 2.75) is 46.0 Å². The number of rotatable bonds is 2. The van der Waals surface area contributed by atoms with Crippen molar-refractivity contribution in [1.82, 2.24) is 4.90 Å². The molecule has 2 saturated heterocycles. The summed E-state index contributed by atoms with van der Waals surface area (Å²) in [6.07, 6.45) is 4.70. The Morgan fingerprint density at radius 1 is 0.852 bits per heavy atom. The molecule has 3 aliphatic rings. The Morgan fingerprint density at radius 2 is 1.48 bits per heavy atom. The zero-order valence-corrected chi connectivity index (χ0v) is 16.2. The quantitative estimate of drug-likeness (QED) is 0.751. The number of carbonyl (C=O) groups excluding carboxylic acids is 3. The van der Waals surface area contributed by atoms with Gasteiger partial charge in [0.05, 0.1) is 17.5 Å². The molecule has 5 heteroatoms. The summed E-state index contributed by atoms with van der Waals surface area (Å²) < 4.78 is 0. The van der Waals surface area contributed by atoms with Gasteiger partial charge in [-0.25, -0.2) is 0 Å². The second kappa shape index (κ2) is 7.10. The molecule has 5 nitrogen and oxygen atoms in total. The van der Waals surface area contributed by atoms with Crippen LogP contribution < -0.4 is 4.90 Å².